The highest BCUT2D eigenvalue weighted by Crippen LogP contribution is 2.48. The van der Waals surface area contributed by atoms with E-state index in [0.717, 1.165) is 10.6 Å². The fourth-order valence-corrected chi connectivity index (χ4v) is 4.55. The standard InChI is InChI=1S/C15H16NO2P/c1-13(17)18-19(16-2,14-9-5-3-6-10-14)15-11-7-4-8-12-15/h3-12H,1-2H3. The van der Waals surface area contributed by atoms with Gasteiger partial charge in [-0.1, -0.05) is 36.4 Å². The molecule has 2 rings (SSSR count). The van der Waals surface area contributed by atoms with Crippen LogP contribution in [0, 0.1) is 0 Å². The Morgan fingerprint density at radius 3 is 1.68 bits per heavy atom. The van der Waals surface area contributed by atoms with E-state index in [1.807, 2.05) is 60.7 Å². The van der Waals surface area contributed by atoms with Crippen LogP contribution in [0.5, 0.6) is 0 Å². The van der Waals surface area contributed by atoms with Gasteiger partial charge in [-0.2, -0.15) is 0 Å². The maximum Gasteiger partial charge on any atom is 0.306 e. The van der Waals surface area contributed by atoms with Crippen LogP contribution in [0.1, 0.15) is 6.92 Å². The van der Waals surface area contributed by atoms with Crippen LogP contribution in [0.2, 0.25) is 0 Å². The molecule has 0 aliphatic carbocycles. The van der Waals surface area contributed by atoms with Gasteiger partial charge in [0.1, 0.15) is 0 Å². The molecule has 0 aromatic heterocycles. The van der Waals surface area contributed by atoms with Gasteiger partial charge in [0.05, 0.1) is 0 Å². The Morgan fingerprint density at radius 1 is 0.947 bits per heavy atom. The van der Waals surface area contributed by atoms with Crippen molar-refractivity contribution in [2.45, 2.75) is 6.92 Å². The Bertz CT molecular complexity index is 565. The normalized spacial score (nSPS) is 10.8. The van der Waals surface area contributed by atoms with Crippen LogP contribution in [0.15, 0.2) is 65.4 Å². The number of carbonyl (C=O) groups is 1. The van der Waals surface area contributed by atoms with Crippen molar-refractivity contribution < 1.29 is 9.32 Å². The lowest BCUT2D eigenvalue weighted by Gasteiger charge is -2.24. The van der Waals surface area contributed by atoms with Crippen molar-refractivity contribution in [3.63, 3.8) is 0 Å². The SMILES string of the molecule is CN=P(OC(C)=O)(c1ccccc1)c1ccccc1. The van der Waals surface area contributed by atoms with Gasteiger partial charge in [0, 0.05) is 24.6 Å². The van der Waals surface area contributed by atoms with E-state index in [9.17, 15) is 4.79 Å². The molecule has 0 fully saturated rings. The molecule has 98 valence electrons. The maximum atomic E-state index is 11.5. The topological polar surface area (TPSA) is 38.7 Å². The van der Waals surface area contributed by atoms with E-state index in [4.69, 9.17) is 4.52 Å². The molecule has 4 heteroatoms. The second kappa shape index (κ2) is 5.85. The van der Waals surface area contributed by atoms with Gasteiger partial charge >= 0.3 is 5.97 Å². The summed E-state index contributed by atoms with van der Waals surface area (Å²) in [7, 11) is -0.757. The third kappa shape index (κ3) is 2.77. The summed E-state index contributed by atoms with van der Waals surface area (Å²) < 4.78 is 10.1. The summed E-state index contributed by atoms with van der Waals surface area (Å²) in [5.41, 5.74) is 0. The van der Waals surface area contributed by atoms with E-state index in [1.165, 1.54) is 6.92 Å². The van der Waals surface area contributed by atoms with Gasteiger partial charge in [0.2, 0.25) is 0 Å². The molecule has 2 aromatic carbocycles. The van der Waals surface area contributed by atoms with Crippen LogP contribution in [-0.4, -0.2) is 13.0 Å². The lowest BCUT2D eigenvalue weighted by Crippen LogP contribution is -2.20. The molecule has 19 heavy (non-hydrogen) atoms. The monoisotopic (exact) mass is 273 g/mol. The number of nitrogens with zero attached hydrogens (tertiary/aromatic N) is 1. The predicted molar refractivity (Wildman–Crippen MR) is 79.2 cm³/mol. The first kappa shape index (κ1) is 13.6. The van der Waals surface area contributed by atoms with E-state index in [1.54, 1.807) is 7.05 Å². The number of benzene rings is 2. The minimum absolute atomic E-state index is 0.313. The molecule has 0 saturated carbocycles. The molecule has 0 radical (unpaired) electrons. The fourth-order valence-electron chi connectivity index (χ4n) is 1.97. The van der Waals surface area contributed by atoms with E-state index in [2.05, 4.69) is 4.74 Å². The van der Waals surface area contributed by atoms with Crippen LogP contribution in [0.3, 0.4) is 0 Å². The molecule has 0 spiro atoms. The number of carbonyl (C=O) groups excluding carboxylic acids is 1. The van der Waals surface area contributed by atoms with Gasteiger partial charge < -0.3 is 4.52 Å². The molecular weight excluding hydrogens is 257 g/mol. The van der Waals surface area contributed by atoms with Gasteiger partial charge in [-0.15, -0.1) is 0 Å². The molecular formula is C15H16NO2P. The first-order valence-electron chi connectivity index (χ1n) is 6.01. The fraction of sp³-hybridized carbons (Fsp3) is 0.133. The molecule has 0 aliphatic heterocycles. The van der Waals surface area contributed by atoms with Crippen molar-refractivity contribution in [3.8, 4) is 0 Å². The van der Waals surface area contributed by atoms with Crippen molar-refractivity contribution >= 4 is 23.9 Å². The Hall–Kier alpha value is -1.86. The Labute approximate surface area is 113 Å². The van der Waals surface area contributed by atoms with Crippen LogP contribution in [0.4, 0.5) is 0 Å². The first-order chi connectivity index (χ1) is 9.19. The molecule has 0 N–H and O–H groups in total. The quantitative estimate of drug-likeness (QED) is 0.806. The van der Waals surface area contributed by atoms with Gasteiger partial charge in [0.15, 0.2) is 7.28 Å². The van der Waals surface area contributed by atoms with Crippen LogP contribution < -0.4 is 10.6 Å². The summed E-state index contributed by atoms with van der Waals surface area (Å²) in [6.07, 6.45) is 0. The molecule has 0 aliphatic rings. The first-order valence-corrected chi connectivity index (χ1v) is 7.67. The third-order valence-corrected chi connectivity index (χ3v) is 5.84. The Balaban J connectivity index is 2.66. The largest absolute Gasteiger partial charge is 0.422 e. The second-order valence-electron chi connectivity index (χ2n) is 4.03. The molecule has 0 saturated heterocycles. The highest BCUT2D eigenvalue weighted by atomic mass is 31.2. The smallest absolute Gasteiger partial charge is 0.306 e. The highest BCUT2D eigenvalue weighted by molar-refractivity contribution is 7.76. The summed E-state index contributed by atoms with van der Waals surface area (Å²) in [6, 6.07) is 19.4. The molecule has 0 atom stereocenters. The Morgan fingerprint density at radius 2 is 1.37 bits per heavy atom. The number of hydrogen-bond acceptors (Lipinski definition) is 3. The van der Waals surface area contributed by atoms with Gasteiger partial charge in [-0.25, -0.2) is 0 Å². The minimum Gasteiger partial charge on any atom is -0.422 e. The van der Waals surface area contributed by atoms with Crippen molar-refractivity contribution in [2.24, 2.45) is 4.74 Å². The van der Waals surface area contributed by atoms with E-state index in [-0.39, 0.29) is 5.97 Å². The van der Waals surface area contributed by atoms with Crippen molar-refractivity contribution in [1.82, 2.24) is 0 Å². The summed E-state index contributed by atoms with van der Waals surface area (Å²) in [4.78, 5) is 11.5. The Kier molecular flexibility index (Phi) is 4.18. The lowest BCUT2D eigenvalue weighted by atomic mass is 10.4. The van der Waals surface area contributed by atoms with Gasteiger partial charge in [-0.05, 0) is 24.3 Å². The maximum absolute atomic E-state index is 11.5. The summed E-state index contributed by atoms with van der Waals surface area (Å²) in [5.74, 6) is -0.313. The zero-order valence-corrected chi connectivity index (χ0v) is 11.9. The molecule has 0 heterocycles. The summed E-state index contributed by atoms with van der Waals surface area (Å²) in [5, 5.41) is 1.89. The third-order valence-electron chi connectivity index (χ3n) is 2.75. The van der Waals surface area contributed by atoms with E-state index >= 15 is 0 Å². The molecule has 2 aromatic rings. The zero-order valence-electron chi connectivity index (χ0n) is 11.0. The number of rotatable bonds is 3. The highest BCUT2D eigenvalue weighted by Gasteiger charge is 2.27. The second-order valence-corrected chi connectivity index (χ2v) is 6.80. The predicted octanol–water partition coefficient (Wildman–Crippen LogP) is 2.95. The van der Waals surface area contributed by atoms with Crippen LogP contribution in [0.25, 0.3) is 0 Å². The van der Waals surface area contributed by atoms with Crippen LogP contribution in [-0.2, 0) is 9.32 Å². The molecule has 0 bridgehead atoms. The molecule has 0 unspecified atom stereocenters. The van der Waals surface area contributed by atoms with Crippen molar-refractivity contribution in [3.05, 3.63) is 60.7 Å². The lowest BCUT2D eigenvalue weighted by molar-refractivity contribution is -0.131. The van der Waals surface area contributed by atoms with Crippen molar-refractivity contribution in [2.75, 3.05) is 7.05 Å². The summed E-state index contributed by atoms with van der Waals surface area (Å²) >= 11 is 0. The van der Waals surface area contributed by atoms with E-state index in [0.29, 0.717) is 0 Å². The van der Waals surface area contributed by atoms with Gasteiger partial charge in [0.25, 0.3) is 0 Å². The molecule has 0 amide bonds. The zero-order chi connectivity index (χ0) is 13.7. The average molecular weight is 273 g/mol. The van der Waals surface area contributed by atoms with Crippen molar-refractivity contribution in [1.29, 1.82) is 0 Å². The summed E-state index contributed by atoms with van der Waals surface area (Å²) in [6.45, 7) is 1.42. The average Bonchev–Trinajstić information content (AvgIpc) is 2.46. The molecule has 3 nitrogen and oxygen atoms in total. The minimum atomic E-state index is -2.46. The van der Waals surface area contributed by atoms with E-state index < -0.39 is 7.28 Å². The number of hydrogen-bond donors (Lipinski definition) is 0. The van der Waals surface area contributed by atoms with Crippen LogP contribution >= 0.6 is 7.28 Å². The van der Waals surface area contributed by atoms with Gasteiger partial charge in [-0.3, -0.25) is 9.54 Å².